The average Bonchev–Trinajstić information content (AvgIpc) is 3.26. The Hall–Kier alpha value is -4.53. The number of hydrogen-bond acceptors (Lipinski definition) is 16. The van der Waals surface area contributed by atoms with E-state index < -0.39 is 136 Å². The molecule has 0 spiro atoms. The van der Waals surface area contributed by atoms with Gasteiger partial charge in [0.2, 0.25) is 3.79 Å². The molecule has 1 heterocycles. The van der Waals surface area contributed by atoms with Crippen molar-refractivity contribution in [2.45, 2.75) is 131 Å². The molecule has 2 aromatic rings. The van der Waals surface area contributed by atoms with Crippen molar-refractivity contribution in [1.29, 1.82) is 0 Å². The number of aliphatic hydroxyl groups is 3. The normalized spacial score (nSPS) is 30.3. The lowest BCUT2D eigenvalue weighted by molar-refractivity contribution is -0.346. The van der Waals surface area contributed by atoms with E-state index in [-0.39, 0.29) is 36.3 Å². The Labute approximate surface area is 414 Å². The summed E-state index contributed by atoms with van der Waals surface area (Å²) in [5, 5.41) is 43.2. The van der Waals surface area contributed by atoms with Crippen LogP contribution >= 0.6 is 34.8 Å². The highest BCUT2D eigenvalue weighted by atomic mass is 35.6. The van der Waals surface area contributed by atoms with Crippen LogP contribution in [-0.4, -0.2) is 135 Å². The van der Waals surface area contributed by atoms with E-state index in [0.717, 1.165) is 6.92 Å². The van der Waals surface area contributed by atoms with Crippen LogP contribution in [0.15, 0.2) is 71.8 Å². The van der Waals surface area contributed by atoms with Gasteiger partial charge in [0, 0.05) is 31.7 Å². The molecular weight excluding hydrogens is 967 g/mol. The maximum absolute atomic E-state index is 15.2. The molecule has 2 saturated carbocycles. The van der Waals surface area contributed by atoms with Crippen LogP contribution in [-0.2, 0) is 47.5 Å². The number of fused-ring (bicyclic) bond motifs is 5. The van der Waals surface area contributed by atoms with Crippen LogP contribution in [0.1, 0.15) is 90.2 Å². The number of ether oxygens (including phenoxy) is 7. The Morgan fingerprint density at radius 3 is 2.12 bits per heavy atom. The van der Waals surface area contributed by atoms with Gasteiger partial charge in [-0.15, -0.1) is 0 Å². The number of carbonyl (C=O) groups is 6. The third-order valence-electron chi connectivity index (χ3n) is 13.6. The van der Waals surface area contributed by atoms with Crippen molar-refractivity contribution >= 4 is 70.7 Å². The SMILES string of the molecule is CC(=O)O[C@]12CO[C@@H]1C[C@H](O)[C@@]1(C)C(=O)[C@H](O)C3=C(C)[C@@H](OC(=O)[C@H](OCCNC(=O)OCC(Cl)(Cl)Cl)[C@@H](NC(=O)OC(C)(C)C)c4ccccc4)C[C@@](O)([C@@H](OC(=O)c4ccccc4)[C@H]21)C3(C)C. The Balaban J connectivity index is 1.47. The number of halogens is 3. The molecule has 2 amide bonds. The summed E-state index contributed by atoms with van der Waals surface area (Å²) >= 11 is 17.1. The van der Waals surface area contributed by atoms with E-state index >= 15 is 4.79 Å². The largest absolute Gasteiger partial charge is 0.456 e. The van der Waals surface area contributed by atoms with E-state index in [1.165, 1.54) is 39.8 Å². The number of rotatable bonds is 13. The summed E-state index contributed by atoms with van der Waals surface area (Å²) in [6, 6.07) is 14.7. The smallest absolute Gasteiger partial charge is 0.408 e. The van der Waals surface area contributed by atoms with Crippen molar-refractivity contribution in [1.82, 2.24) is 10.6 Å². The van der Waals surface area contributed by atoms with Gasteiger partial charge in [-0.25, -0.2) is 19.2 Å². The van der Waals surface area contributed by atoms with Gasteiger partial charge in [0.15, 0.2) is 17.5 Å². The predicted octanol–water partition coefficient (Wildman–Crippen LogP) is 5.38. The molecule has 3 aliphatic carbocycles. The Bertz CT molecular complexity index is 2300. The highest BCUT2D eigenvalue weighted by Crippen LogP contribution is 2.64. The fourth-order valence-corrected chi connectivity index (χ4v) is 10.4. The maximum Gasteiger partial charge on any atom is 0.408 e. The molecule has 69 heavy (non-hydrogen) atoms. The van der Waals surface area contributed by atoms with Gasteiger partial charge in [-0.05, 0) is 63.5 Å². The zero-order valence-corrected chi connectivity index (χ0v) is 41.7. The van der Waals surface area contributed by atoms with Crippen LogP contribution in [0.3, 0.4) is 0 Å². The number of ketones is 1. The number of hydrogen-bond donors (Lipinski definition) is 5. The monoisotopic (exact) mass is 1020 g/mol. The summed E-state index contributed by atoms with van der Waals surface area (Å²) in [7, 11) is 0. The number of esters is 3. The molecule has 0 radical (unpaired) electrons. The molecule has 11 atom stereocenters. The number of Topliss-reactive ketones (excluding diaryl/α,β-unsaturated/α-hetero) is 1. The van der Waals surface area contributed by atoms with Gasteiger partial charge in [-0.1, -0.05) is 97.2 Å². The summed E-state index contributed by atoms with van der Waals surface area (Å²) in [6.45, 7) is 10.4. The first-order chi connectivity index (χ1) is 32.1. The molecule has 1 aliphatic heterocycles. The quantitative estimate of drug-likeness (QED) is 0.0555. The van der Waals surface area contributed by atoms with Crippen LogP contribution in [0.25, 0.3) is 0 Å². The molecule has 0 aromatic heterocycles. The van der Waals surface area contributed by atoms with Crippen LogP contribution in [0.2, 0.25) is 0 Å². The minimum Gasteiger partial charge on any atom is -0.456 e. The van der Waals surface area contributed by atoms with Crippen molar-refractivity contribution in [2.24, 2.45) is 16.7 Å². The van der Waals surface area contributed by atoms with E-state index in [1.54, 1.807) is 69.3 Å². The lowest BCUT2D eigenvalue weighted by atomic mass is 9.44. The van der Waals surface area contributed by atoms with Gasteiger partial charge in [-0.2, -0.15) is 0 Å². The van der Waals surface area contributed by atoms with Crippen LogP contribution in [0.4, 0.5) is 9.59 Å². The standard InChI is InChI=1S/C48H59Cl3N2O16/c1-25-29(66-40(59)35(63-20-19-52-41(60)65-24-48(49,50)51)33(27-15-11-9-12-16-27)53-42(61)69-43(3,4)5)22-47(62)38(67-39(58)28-17-13-10-14-18-28)36-45(8,37(57)34(56)32(25)44(47,6)7)30(55)21-31-46(36,23-64-31)68-26(2)54/h9-18,29-31,33-36,38,55-56,62H,19-24H2,1-8H3,(H,52,60)(H,53,61)/t29-,30-,31+,33-,34+,35+,36-,38-,45+,46+,47+/m0/s1. The molecule has 1 saturated heterocycles. The van der Waals surface area contributed by atoms with Gasteiger partial charge >= 0.3 is 30.1 Å². The lowest BCUT2D eigenvalue weighted by Gasteiger charge is -2.67. The molecule has 3 fully saturated rings. The van der Waals surface area contributed by atoms with E-state index in [1.807, 2.05) is 0 Å². The summed E-state index contributed by atoms with van der Waals surface area (Å²) in [4.78, 5) is 83.4. The van der Waals surface area contributed by atoms with Crippen molar-refractivity contribution in [3.8, 4) is 0 Å². The zero-order chi connectivity index (χ0) is 51.1. The van der Waals surface area contributed by atoms with Crippen LogP contribution < -0.4 is 10.6 Å². The Morgan fingerprint density at radius 2 is 1.55 bits per heavy atom. The third kappa shape index (κ3) is 10.9. The first-order valence-corrected chi connectivity index (χ1v) is 23.5. The second kappa shape index (κ2) is 20.3. The fraction of sp³-hybridized carbons (Fsp3) is 0.583. The molecule has 6 rings (SSSR count). The zero-order valence-electron chi connectivity index (χ0n) is 39.4. The number of alkyl carbamates (subject to hydrolysis) is 2. The first kappa shape index (κ1) is 53.8. The van der Waals surface area contributed by atoms with Gasteiger partial charge in [-0.3, -0.25) is 9.59 Å². The van der Waals surface area contributed by atoms with E-state index in [0.29, 0.717) is 5.56 Å². The van der Waals surface area contributed by atoms with Gasteiger partial charge < -0.3 is 59.1 Å². The summed E-state index contributed by atoms with van der Waals surface area (Å²) < 4.78 is 39.3. The second-order valence-corrected chi connectivity index (χ2v) is 22.1. The fourth-order valence-electron chi connectivity index (χ4n) is 10.2. The maximum atomic E-state index is 15.2. The Kier molecular flexibility index (Phi) is 15.8. The van der Waals surface area contributed by atoms with Crippen molar-refractivity contribution < 1.29 is 77.2 Å². The Morgan fingerprint density at radius 1 is 0.928 bits per heavy atom. The molecule has 378 valence electrons. The minimum atomic E-state index is -2.42. The molecule has 2 bridgehead atoms. The summed E-state index contributed by atoms with van der Waals surface area (Å²) in [6.07, 6.45) is -12.5. The van der Waals surface area contributed by atoms with Crippen LogP contribution in [0.5, 0.6) is 0 Å². The number of amides is 2. The lowest BCUT2D eigenvalue weighted by Crippen LogP contribution is -2.81. The number of carbonyl (C=O) groups excluding carboxylic acids is 6. The van der Waals surface area contributed by atoms with Gasteiger partial charge in [0.05, 0.1) is 42.3 Å². The average molecular weight is 1030 g/mol. The molecule has 5 N–H and O–H groups in total. The van der Waals surface area contributed by atoms with E-state index in [9.17, 15) is 39.3 Å². The molecule has 2 aromatic carbocycles. The molecule has 18 nitrogen and oxygen atoms in total. The number of aliphatic hydroxyl groups excluding tert-OH is 2. The highest BCUT2D eigenvalue weighted by Gasteiger charge is 2.78. The van der Waals surface area contributed by atoms with Crippen molar-refractivity contribution in [3.63, 3.8) is 0 Å². The number of alkyl halides is 3. The van der Waals surface area contributed by atoms with E-state index in [2.05, 4.69) is 10.6 Å². The topological polar surface area (TPSA) is 252 Å². The molecule has 0 unspecified atom stereocenters. The molecule has 21 heteroatoms. The highest BCUT2D eigenvalue weighted by molar-refractivity contribution is 6.67. The first-order valence-electron chi connectivity index (χ1n) is 22.3. The predicted molar refractivity (Wildman–Crippen MR) is 247 cm³/mol. The summed E-state index contributed by atoms with van der Waals surface area (Å²) in [5.74, 6) is -5.40. The minimum absolute atomic E-state index is 0.0523. The van der Waals surface area contributed by atoms with Crippen molar-refractivity contribution in [2.75, 3.05) is 26.4 Å². The van der Waals surface area contributed by atoms with Gasteiger partial charge in [0.25, 0.3) is 0 Å². The van der Waals surface area contributed by atoms with E-state index in [4.69, 9.17) is 68.0 Å². The second-order valence-electron chi connectivity index (χ2n) is 19.5. The summed E-state index contributed by atoms with van der Waals surface area (Å²) in [5.41, 5.74) is -8.51. The third-order valence-corrected chi connectivity index (χ3v) is 13.9. The number of benzene rings is 2. The van der Waals surface area contributed by atoms with Gasteiger partial charge in [0.1, 0.15) is 42.2 Å². The number of nitrogens with one attached hydrogen (secondary N) is 2. The molecule has 4 aliphatic rings. The van der Waals surface area contributed by atoms with Crippen LogP contribution in [0, 0.1) is 16.7 Å². The van der Waals surface area contributed by atoms with Crippen molar-refractivity contribution in [3.05, 3.63) is 82.9 Å². The molecular formula is C48H59Cl3N2O16.